The van der Waals surface area contributed by atoms with E-state index >= 15 is 0 Å². The molecule has 2 heterocycles. The molecule has 4 aromatic rings. The average Bonchev–Trinajstić information content (AvgIpc) is 3.13. The summed E-state index contributed by atoms with van der Waals surface area (Å²) in [4.78, 5) is 3.72. The van der Waals surface area contributed by atoms with Crippen LogP contribution in [-0.4, -0.2) is 24.3 Å². The van der Waals surface area contributed by atoms with Crippen molar-refractivity contribution < 1.29 is 12.8 Å². The Morgan fingerprint density at radius 1 is 0.967 bits per heavy atom. The molecule has 3 aromatic carbocycles. The number of nitrogens with one attached hydrogen (secondary N) is 1. The SMILES string of the molecule is Cc1ccc(S(=O)(=O)N2CCc3[nH]c4ccccc4c3[C@H]2c2ccc(F)cc2)cc1. The van der Waals surface area contributed by atoms with Crippen molar-refractivity contribution in [2.75, 3.05) is 6.54 Å². The molecule has 0 fully saturated rings. The van der Waals surface area contributed by atoms with Crippen LogP contribution < -0.4 is 0 Å². The smallest absolute Gasteiger partial charge is 0.243 e. The van der Waals surface area contributed by atoms with Crippen LogP contribution in [0, 0.1) is 12.7 Å². The Kier molecular flexibility index (Phi) is 4.49. The first-order valence-corrected chi connectivity index (χ1v) is 11.3. The van der Waals surface area contributed by atoms with Gasteiger partial charge in [0.15, 0.2) is 0 Å². The Bertz CT molecular complexity index is 1330. The molecule has 30 heavy (non-hydrogen) atoms. The standard InChI is InChI=1S/C24H21FN2O2S/c1-16-6-12-19(13-7-16)30(28,29)27-15-14-22-23(20-4-2-3-5-21(20)26-22)24(27)17-8-10-18(25)11-9-17/h2-13,24,26H,14-15H2,1H3/t24-/m1/s1. The number of H-pyrrole nitrogens is 1. The molecule has 0 spiro atoms. The molecule has 1 atom stereocenters. The highest BCUT2D eigenvalue weighted by Gasteiger charge is 2.39. The molecule has 152 valence electrons. The summed E-state index contributed by atoms with van der Waals surface area (Å²) in [5.41, 5.74) is 4.70. The number of hydrogen-bond acceptors (Lipinski definition) is 2. The second kappa shape index (κ2) is 7.07. The van der Waals surface area contributed by atoms with Gasteiger partial charge in [-0.15, -0.1) is 0 Å². The number of rotatable bonds is 3. The van der Waals surface area contributed by atoms with Gasteiger partial charge in [-0.1, -0.05) is 48.0 Å². The van der Waals surface area contributed by atoms with Crippen LogP contribution in [0.5, 0.6) is 0 Å². The van der Waals surface area contributed by atoms with Crippen LogP contribution >= 0.6 is 0 Å². The maximum Gasteiger partial charge on any atom is 0.243 e. The van der Waals surface area contributed by atoms with Gasteiger partial charge in [0.25, 0.3) is 0 Å². The Morgan fingerprint density at radius 2 is 1.67 bits per heavy atom. The van der Waals surface area contributed by atoms with E-state index in [-0.39, 0.29) is 10.7 Å². The quantitative estimate of drug-likeness (QED) is 0.510. The second-order valence-electron chi connectivity index (χ2n) is 7.70. The van der Waals surface area contributed by atoms with Crippen molar-refractivity contribution in [3.05, 3.63) is 101 Å². The summed E-state index contributed by atoms with van der Waals surface area (Å²) >= 11 is 0. The molecule has 1 aliphatic heterocycles. The lowest BCUT2D eigenvalue weighted by molar-refractivity contribution is 0.344. The second-order valence-corrected chi connectivity index (χ2v) is 9.59. The number of para-hydroxylation sites is 1. The number of aromatic nitrogens is 1. The molecule has 0 amide bonds. The third-order valence-electron chi connectivity index (χ3n) is 5.78. The predicted molar refractivity (Wildman–Crippen MR) is 115 cm³/mol. The summed E-state index contributed by atoms with van der Waals surface area (Å²) < 4.78 is 42.5. The third-order valence-corrected chi connectivity index (χ3v) is 7.66. The minimum absolute atomic E-state index is 0.267. The van der Waals surface area contributed by atoms with Crippen molar-refractivity contribution in [2.24, 2.45) is 0 Å². The average molecular weight is 421 g/mol. The highest BCUT2D eigenvalue weighted by Crippen LogP contribution is 2.42. The molecule has 0 saturated heterocycles. The fourth-order valence-electron chi connectivity index (χ4n) is 4.31. The highest BCUT2D eigenvalue weighted by molar-refractivity contribution is 7.89. The van der Waals surface area contributed by atoms with E-state index in [0.717, 1.165) is 33.3 Å². The van der Waals surface area contributed by atoms with E-state index in [1.807, 2.05) is 31.2 Å². The normalized spacial score (nSPS) is 17.2. The molecule has 0 bridgehead atoms. The van der Waals surface area contributed by atoms with Gasteiger partial charge >= 0.3 is 0 Å². The summed E-state index contributed by atoms with van der Waals surface area (Å²) in [5, 5.41) is 0.991. The lowest BCUT2D eigenvalue weighted by atomic mass is 9.92. The zero-order valence-electron chi connectivity index (χ0n) is 16.5. The monoisotopic (exact) mass is 420 g/mol. The van der Waals surface area contributed by atoms with Gasteiger partial charge in [-0.05, 0) is 42.8 Å². The van der Waals surface area contributed by atoms with Gasteiger partial charge < -0.3 is 4.98 Å². The maximum atomic E-state index is 13.7. The van der Waals surface area contributed by atoms with Crippen molar-refractivity contribution >= 4 is 20.9 Å². The lowest BCUT2D eigenvalue weighted by Crippen LogP contribution is -2.40. The summed E-state index contributed by atoms with van der Waals surface area (Å²) in [7, 11) is -3.75. The number of sulfonamides is 1. The number of hydrogen-bond donors (Lipinski definition) is 1. The summed E-state index contributed by atoms with van der Waals surface area (Å²) in [6.45, 7) is 2.27. The number of benzene rings is 3. The van der Waals surface area contributed by atoms with Gasteiger partial charge in [0, 0.05) is 35.1 Å². The van der Waals surface area contributed by atoms with Crippen molar-refractivity contribution in [2.45, 2.75) is 24.3 Å². The van der Waals surface area contributed by atoms with Crippen LogP contribution in [0.15, 0.2) is 77.7 Å². The molecule has 1 aliphatic rings. The molecule has 1 aromatic heterocycles. The minimum Gasteiger partial charge on any atom is -0.358 e. The number of halogens is 1. The summed E-state index contributed by atoms with van der Waals surface area (Å²) in [6.07, 6.45) is 0.590. The van der Waals surface area contributed by atoms with E-state index in [1.54, 1.807) is 40.7 Å². The largest absolute Gasteiger partial charge is 0.358 e. The van der Waals surface area contributed by atoms with Crippen molar-refractivity contribution in [1.29, 1.82) is 0 Å². The third kappa shape index (κ3) is 3.04. The zero-order valence-corrected chi connectivity index (χ0v) is 17.3. The van der Waals surface area contributed by atoms with Crippen LogP contribution in [0.1, 0.15) is 28.4 Å². The fourth-order valence-corrected chi connectivity index (χ4v) is 5.89. The number of fused-ring (bicyclic) bond motifs is 3. The van der Waals surface area contributed by atoms with Gasteiger partial charge in [0.2, 0.25) is 10.0 Å². The molecular formula is C24H21FN2O2S. The molecule has 6 heteroatoms. The topological polar surface area (TPSA) is 53.2 Å². The molecular weight excluding hydrogens is 399 g/mol. The number of nitrogens with zero attached hydrogens (tertiary/aromatic N) is 1. The Hall–Kier alpha value is -2.96. The van der Waals surface area contributed by atoms with E-state index in [1.165, 1.54) is 12.1 Å². The summed E-state index contributed by atoms with van der Waals surface area (Å²) in [5.74, 6) is -0.346. The molecule has 0 aliphatic carbocycles. The van der Waals surface area contributed by atoms with Crippen LogP contribution in [0.25, 0.3) is 10.9 Å². The number of aryl methyl sites for hydroxylation is 1. The van der Waals surface area contributed by atoms with Gasteiger partial charge in [-0.3, -0.25) is 0 Å². The number of aromatic amines is 1. The van der Waals surface area contributed by atoms with E-state index in [4.69, 9.17) is 0 Å². The molecule has 5 rings (SSSR count). The van der Waals surface area contributed by atoms with Gasteiger partial charge in [-0.2, -0.15) is 4.31 Å². The van der Waals surface area contributed by atoms with Gasteiger partial charge in [0.1, 0.15) is 5.82 Å². The predicted octanol–water partition coefficient (Wildman–Crippen LogP) is 4.95. The van der Waals surface area contributed by atoms with E-state index < -0.39 is 16.1 Å². The molecule has 4 nitrogen and oxygen atoms in total. The van der Waals surface area contributed by atoms with E-state index in [0.29, 0.717) is 13.0 Å². The first-order valence-electron chi connectivity index (χ1n) is 9.88. The van der Waals surface area contributed by atoms with Gasteiger partial charge in [0.05, 0.1) is 10.9 Å². The van der Waals surface area contributed by atoms with E-state index in [9.17, 15) is 12.8 Å². The Balaban J connectivity index is 1.73. The summed E-state index contributed by atoms with van der Waals surface area (Å²) in [6, 6.07) is 20.4. The van der Waals surface area contributed by atoms with Crippen LogP contribution in [0.4, 0.5) is 4.39 Å². The Labute approximate surface area is 175 Å². The van der Waals surface area contributed by atoms with Crippen LogP contribution in [0.3, 0.4) is 0 Å². The van der Waals surface area contributed by atoms with Crippen molar-refractivity contribution in [3.63, 3.8) is 0 Å². The highest BCUT2D eigenvalue weighted by atomic mass is 32.2. The first kappa shape index (κ1) is 19.0. The minimum atomic E-state index is -3.75. The molecule has 0 radical (unpaired) electrons. The lowest BCUT2D eigenvalue weighted by Gasteiger charge is -2.35. The Morgan fingerprint density at radius 3 is 2.40 bits per heavy atom. The zero-order chi connectivity index (χ0) is 20.9. The first-order chi connectivity index (χ1) is 14.4. The van der Waals surface area contributed by atoms with Crippen LogP contribution in [0.2, 0.25) is 0 Å². The maximum absolute atomic E-state index is 13.7. The van der Waals surface area contributed by atoms with E-state index in [2.05, 4.69) is 4.98 Å². The fraction of sp³-hybridized carbons (Fsp3) is 0.167. The molecule has 0 unspecified atom stereocenters. The van der Waals surface area contributed by atoms with Crippen molar-refractivity contribution in [1.82, 2.24) is 9.29 Å². The molecule has 1 N–H and O–H groups in total. The van der Waals surface area contributed by atoms with Gasteiger partial charge in [-0.25, -0.2) is 12.8 Å². The molecule has 0 saturated carbocycles. The van der Waals surface area contributed by atoms with Crippen LogP contribution in [-0.2, 0) is 16.4 Å². The van der Waals surface area contributed by atoms with Crippen molar-refractivity contribution in [3.8, 4) is 0 Å².